The number of hydrogen-bond donors (Lipinski definition) is 0. The first kappa shape index (κ1) is 21.6. The molecule has 4 rings (SSSR count). The van der Waals surface area contributed by atoms with E-state index in [0.717, 1.165) is 19.2 Å². The highest BCUT2D eigenvalue weighted by Crippen LogP contribution is 2.38. The standard InChI is InChI=1S/C23H22FN3O5/c1-3-25(4-2)11-12-26-20(14-5-8-16(9-6-14)27(30)31)19-21(28)17-13-15(24)7-10-18(17)32-22(19)23(26)29/h5-10,13,20H,3-4,11-12H2,1-2H3. The molecule has 1 unspecified atom stereocenters. The van der Waals surface area contributed by atoms with Crippen LogP contribution >= 0.6 is 0 Å². The summed E-state index contributed by atoms with van der Waals surface area (Å²) in [6, 6.07) is 8.55. The molecule has 1 aromatic heterocycles. The maximum atomic E-state index is 13.8. The fourth-order valence-corrected chi connectivity index (χ4v) is 4.14. The molecule has 0 aliphatic carbocycles. The monoisotopic (exact) mass is 439 g/mol. The molecule has 0 saturated heterocycles. The third-order valence-electron chi connectivity index (χ3n) is 5.90. The van der Waals surface area contributed by atoms with Gasteiger partial charge in [0.1, 0.15) is 11.4 Å². The molecule has 9 heteroatoms. The van der Waals surface area contributed by atoms with Crippen molar-refractivity contribution in [3.05, 3.63) is 85.5 Å². The number of nitro groups is 1. The number of carbonyl (C=O) groups excluding carboxylic acids is 1. The van der Waals surface area contributed by atoms with Gasteiger partial charge in [-0.25, -0.2) is 4.39 Å². The third-order valence-corrected chi connectivity index (χ3v) is 5.90. The zero-order chi connectivity index (χ0) is 23.0. The van der Waals surface area contributed by atoms with E-state index in [-0.39, 0.29) is 28.0 Å². The van der Waals surface area contributed by atoms with Crippen LogP contribution in [0.25, 0.3) is 11.0 Å². The lowest BCUT2D eigenvalue weighted by atomic mass is 9.98. The van der Waals surface area contributed by atoms with Crippen molar-refractivity contribution in [2.45, 2.75) is 19.9 Å². The van der Waals surface area contributed by atoms with Crippen LogP contribution in [0.3, 0.4) is 0 Å². The molecule has 0 saturated carbocycles. The van der Waals surface area contributed by atoms with Crippen LogP contribution in [-0.2, 0) is 0 Å². The average molecular weight is 439 g/mol. The first-order valence-corrected chi connectivity index (χ1v) is 10.4. The highest BCUT2D eigenvalue weighted by molar-refractivity contribution is 5.99. The van der Waals surface area contributed by atoms with Crippen LogP contribution in [0.2, 0.25) is 0 Å². The molecule has 0 N–H and O–H groups in total. The zero-order valence-electron chi connectivity index (χ0n) is 17.7. The van der Waals surface area contributed by atoms with Crippen molar-refractivity contribution >= 4 is 22.6 Å². The summed E-state index contributed by atoms with van der Waals surface area (Å²) in [5.74, 6) is -1.09. The van der Waals surface area contributed by atoms with Crippen molar-refractivity contribution in [1.82, 2.24) is 9.80 Å². The van der Waals surface area contributed by atoms with Crippen LogP contribution in [0.4, 0.5) is 10.1 Å². The van der Waals surface area contributed by atoms with Gasteiger partial charge in [0.05, 0.1) is 21.9 Å². The van der Waals surface area contributed by atoms with E-state index >= 15 is 0 Å². The number of hydrogen-bond acceptors (Lipinski definition) is 6. The van der Waals surface area contributed by atoms with Gasteiger partial charge >= 0.3 is 0 Å². The van der Waals surface area contributed by atoms with Crippen LogP contribution < -0.4 is 5.43 Å². The predicted octanol–water partition coefficient (Wildman–Crippen LogP) is 3.73. The fraction of sp³-hybridized carbons (Fsp3) is 0.304. The first-order valence-electron chi connectivity index (χ1n) is 10.4. The molecule has 0 spiro atoms. The number of nitrogens with zero attached hydrogens (tertiary/aromatic N) is 3. The Labute approximate surface area is 183 Å². The van der Waals surface area contributed by atoms with E-state index in [9.17, 15) is 24.1 Å². The van der Waals surface area contributed by atoms with Crippen molar-refractivity contribution in [2.75, 3.05) is 26.2 Å². The van der Waals surface area contributed by atoms with Gasteiger partial charge in [0.2, 0.25) is 5.76 Å². The fourth-order valence-electron chi connectivity index (χ4n) is 4.14. The molecule has 166 valence electrons. The summed E-state index contributed by atoms with van der Waals surface area (Å²) in [6.07, 6.45) is 0. The van der Waals surface area contributed by atoms with Crippen LogP contribution in [0.1, 0.15) is 41.6 Å². The van der Waals surface area contributed by atoms with Gasteiger partial charge in [0.15, 0.2) is 5.43 Å². The summed E-state index contributed by atoms with van der Waals surface area (Å²) in [4.78, 5) is 40.9. The van der Waals surface area contributed by atoms with Gasteiger partial charge in [-0.15, -0.1) is 0 Å². The lowest BCUT2D eigenvalue weighted by Gasteiger charge is -2.28. The maximum absolute atomic E-state index is 13.8. The molecule has 0 bridgehead atoms. The molecule has 1 atom stereocenters. The van der Waals surface area contributed by atoms with Crippen LogP contribution in [0.15, 0.2) is 51.7 Å². The SMILES string of the molecule is CCN(CC)CCN1C(=O)c2oc3ccc(F)cc3c(=O)c2C1c1ccc([N+](=O)[O-])cc1. The number of non-ortho nitro benzene ring substituents is 1. The highest BCUT2D eigenvalue weighted by Gasteiger charge is 2.42. The number of nitro benzene ring substituents is 1. The number of carbonyl (C=O) groups is 1. The Kier molecular flexibility index (Phi) is 5.75. The lowest BCUT2D eigenvalue weighted by Crippen LogP contribution is -2.37. The number of benzene rings is 2. The van der Waals surface area contributed by atoms with Crippen molar-refractivity contribution in [3.8, 4) is 0 Å². The van der Waals surface area contributed by atoms with Crippen LogP contribution in [0.5, 0.6) is 0 Å². The van der Waals surface area contributed by atoms with Crippen LogP contribution in [-0.4, -0.2) is 46.8 Å². The minimum Gasteiger partial charge on any atom is -0.450 e. The second kappa shape index (κ2) is 8.51. The van der Waals surface area contributed by atoms with Gasteiger partial charge in [-0.2, -0.15) is 0 Å². The lowest BCUT2D eigenvalue weighted by molar-refractivity contribution is -0.384. The molecule has 1 amide bonds. The molecule has 2 heterocycles. The molecule has 3 aromatic rings. The zero-order valence-corrected chi connectivity index (χ0v) is 17.7. The molecule has 1 aliphatic rings. The van der Waals surface area contributed by atoms with Gasteiger partial charge in [-0.3, -0.25) is 19.7 Å². The Bertz CT molecular complexity index is 1250. The molecule has 2 aromatic carbocycles. The Hall–Kier alpha value is -3.59. The summed E-state index contributed by atoms with van der Waals surface area (Å²) >= 11 is 0. The van der Waals surface area contributed by atoms with E-state index in [1.54, 1.807) is 4.90 Å². The molecular formula is C23H22FN3O5. The number of likely N-dealkylation sites (N-methyl/N-ethyl adjacent to an activating group) is 1. The van der Waals surface area contributed by atoms with E-state index in [1.807, 2.05) is 13.8 Å². The summed E-state index contributed by atoms with van der Waals surface area (Å²) in [6.45, 7) is 6.55. The minimum absolute atomic E-state index is 0.0501. The van der Waals surface area contributed by atoms with Crippen molar-refractivity contribution in [2.24, 2.45) is 0 Å². The Morgan fingerprint density at radius 2 is 1.81 bits per heavy atom. The van der Waals surface area contributed by atoms with Crippen LogP contribution in [0, 0.1) is 15.9 Å². The molecule has 1 aliphatic heterocycles. The Morgan fingerprint density at radius 3 is 2.44 bits per heavy atom. The molecule has 32 heavy (non-hydrogen) atoms. The van der Waals surface area contributed by atoms with Gasteiger partial charge in [0, 0.05) is 25.2 Å². The second-order valence-electron chi connectivity index (χ2n) is 7.59. The number of amides is 1. The van der Waals surface area contributed by atoms with E-state index in [2.05, 4.69) is 4.90 Å². The predicted molar refractivity (Wildman–Crippen MR) is 116 cm³/mol. The smallest absolute Gasteiger partial charge is 0.290 e. The summed E-state index contributed by atoms with van der Waals surface area (Å²) < 4.78 is 19.6. The first-order chi connectivity index (χ1) is 15.3. The van der Waals surface area contributed by atoms with Crippen molar-refractivity contribution in [3.63, 3.8) is 0 Å². The highest BCUT2D eigenvalue weighted by atomic mass is 19.1. The summed E-state index contributed by atoms with van der Waals surface area (Å²) in [7, 11) is 0. The summed E-state index contributed by atoms with van der Waals surface area (Å²) in [5, 5.41) is 11.1. The van der Waals surface area contributed by atoms with Gasteiger partial charge in [-0.1, -0.05) is 13.8 Å². The second-order valence-corrected chi connectivity index (χ2v) is 7.59. The number of halogens is 1. The molecule has 0 radical (unpaired) electrons. The van der Waals surface area contributed by atoms with Gasteiger partial charge in [-0.05, 0) is 49.0 Å². The van der Waals surface area contributed by atoms with E-state index in [1.165, 1.54) is 36.4 Å². The van der Waals surface area contributed by atoms with Crippen molar-refractivity contribution in [1.29, 1.82) is 0 Å². The number of rotatable bonds is 7. The quantitative estimate of drug-likeness (QED) is 0.411. The summed E-state index contributed by atoms with van der Waals surface area (Å²) in [5.41, 5.74) is 0.228. The van der Waals surface area contributed by atoms with Crippen molar-refractivity contribution < 1.29 is 18.5 Å². The molecular weight excluding hydrogens is 417 g/mol. The minimum atomic E-state index is -0.780. The maximum Gasteiger partial charge on any atom is 0.290 e. The number of fused-ring (bicyclic) bond motifs is 2. The van der Waals surface area contributed by atoms with E-state index in [4.69, 9.17) is 4.42 Å². The Balaban J connectivity index is 1.87. The van der Waals surface area contributed by atoms with E-state index in [0.29, 0.717) is 18.7 Å². The third kappa shape index (κ3) is 3.64. The van der Waals surface area contributed by atoms with Gasteiger partial charge < -0.3 is 14.2 Å². The molecule has 8 nitrogen and oxygen atoms in total. The van der Waals surface area contributed by atoms with Gasteiger partial charge in [0.25, 0.3) is 11.6 Å². The average Bonchev–Trinajstić information content (AvgIpc) is 3.07. The normalized spacial score (nSPS) is 15.6. The van der Waals surface area contributed by atoms with E-state index < -0.39 is 28.1 Å². The topological polar surface area (TPSA) is 96.9 Å². The molecule has 0 fully saturated rings. The largest absolute Gasteiger partial charge is 0.450 e. The Morgan fingerprint density at radius 1 is 1.12 bits per heavy atom.